The van der Waals surface area contributed by atoms with Crippen molar-refractivity contribution in [3.8, 4) is 0 Å². The smallest absolute Gasteiger partial charge is 0.224 e. The van der Waals surface area contributed by atoms with Crippen LogP contribution in [0.15, 0.2) is 24.3 Å². The zero-order valence-electron chi connectivity index (χ0n) is 10.2. The summed E-state index contributed by atoms with van der Waals surface area (Å²) in [6.07, 6.45) is 1.31. The third kappa shape index (κ3) is 5.15. The van der Waals surface area contributed by atoms with Gasteiger partial charge in [-0.15, -0.1) is 0 Å². The molecule has 1 aromatic carbocycles. The average molecular weight is 234 g/mol. The van der Waals surface area contributed by atoms with Crippen LogP contribution in [-0.2, 0) is 16.0 Å². The van der Waals surface area contributed by atoms with E-state index in [9.17, 15) is 9.59 Å². The molecule has 0 radical (unpaired) electrons. The molecular formula is C13H18N2O2. The van der Waals surface area contributed by atoms with Gasteiger partial charge in [0.1, 0.15) is 0 Å². The van der Waals surface area contributed by atoms with Crippen molar-refractivity contribution in [2.45, 2.75) is 26.7 Å². The van der Waals surface area contributed by atoms with E-state index in [0.717, 1.165) is 17.7 Å². The second kappa shape index (κ2) is 6.68. The molecule has 0 unspecified atom stereocenters. The summed E-state index contributed by atoms with van der Waals surface area (Å²) in [7, 11) is 0. The number of hydrogen-bond donors (Lipinski definition) is 2. The number of benzene rings is 1. The Morgan fingerprint density at radius 2 is 1.82 bits per heavy atom. The summed E-state index contributed by atoms with van der Waals surface area (Å²) in [5, 5.41) is 5.50. The fourth-order valence-electron chi connectivity index (χ4n) is 1.42. The Morgan fingerprint density at radius 1 is 1.18 bits per heavy atom. The Balaban J connectivity index is 2.50. The molecule has 0 aromatic heterocycles. The van der Waals surface area contributed by atoms with E-state index in [0.29, 0.717) is 13.0 Å². The summed E-state index contributed by atoms with van der Waals surface area (Å²) in [5.41, 5.74) is 1.68. The normalized spacial score (nSPS) is 9.76. The molecule has 0 aliphatic rings. The largest absolute Gasteiger partial charge is 0.356 e. The molecule has 0 fully saturated rings. The molecule has 2 N–H and O–H groups in total. The van der Waals surface area contributed by atoms with E-state index in [1.165, 1.54) is 6.92 Å². The molecule has 0 saturated carbocycles. The first-order valence-electron chi connectivity index (χ1n) is 5.75. The minimum absolute atomic E-state index is 0.0270. The molecule has 17 heavy (non-hydrogen) atoms. The second-order valence-corrected chi connectivity index (χ2v) is 3.90. The predicted octanol–water partition coefficient (Wildman–Crippen LogP) is 1.71. The lowest BCUT2D eigenvalue weighted by Crippen LogP contribution is -2.25. The Labute approximate surface area is 101 Å². The molecule has 0 atom stereocenters. The lowest BCUT2D eigenvalue weighted by atomic mass is 10.1. The fourth-order valence-corrected chi connectivity index (χ4v) is 1.42. The molecule has 1 rings (SSSR count). The number of hydrogen-bond acceptors (Lipinski definition) is 2. The number of rotatable bonds is 5. The van der Waals surface area contributed by atoms with E-state index in [1.54, 1.807) is 12.1 Å². The van der Waals surface area contributed by atoms with Crippen LogP contribution >= 0.6 is 0 Å². The SMILES string of the molecule is CCCNC(=O)Cc1ccc(NC(C)=O)cc1. The Bertz CT molecular complexity index is 385. The molecule has 0 heterocycles. The van der Waals surface area contributed by atoms with Crippen LogP contribution in [0.4, 0.5) is 5.69 Å². The standard InChI is InChI=1S/C13H18N2O2/c1-3-8-14-13(17)9-11-4-6-12(7-5-11)15-10(2)16/h4-7H,3,8-9H2,1-2H3,(H,14,17)(H,15,16). The van der Waals surface area contributed by atoms with Crippen molar-refractivity contribution in [3.63, 3.8) is 0 Å². The van der Waals surface area contributed by atoms with Crippen LogP contribution in [0.25, 0.3) is 0 Å². The highest BCUT2D eigenvalue weighted by Gasteiger charge is 2.02. The van der Waals surface area contributed by atoms with Gasteiger partial charge in [-0.1, -0.05) is 19.1 Å². The zero-order valence-corrected chi connectivity index (χ0v) is 10.2. The summed E-state index contributed by atoms with van der Waals surface area (Å²) in [5.74, 6) is -0.0717. The lowest BCUT2D eigenvalue weighted by Gasteiger charge is -2.05. The van der Waals surface area contributed by atoms with Crippen molar-refractivity contribution in [2.75, 3.05) is 11.9 Å². The van der Waals surface area contributed by atoms with Crippen molar-refractivity contribution < 1.29 is 9.59 Å². The van der Waals surface area contributed by atoms with E-state index >= 15 is 0 Å². The van der Waals surface area contributed by atoms with Crippen molar-refractivity contribution >= 4 is 17.5 Å². The van der Waals surface area contributed by atoms with Crippen LogP contribution in [0, 0.1) is 0 Å². The number of nitrogens with one attached hydrogen (secondary N) is 2. The summed E-state index contributed by atoms with van der Waals surface area (Å²) in [6, 6.07) is 7.28. The van der Waals surface area contributed by atoms with E-state index in [1.807, 2.05) is 19.1 Å². The maximum Gasteiger partial charge on any atom is 0.224 e. The van der Waals surface area contributed by atoms with Gasteiger partial charge in [-0.05, 0) is 24.1 Å². The van der Waals surface area contributed by atoms with Crippen molar-refractivity contribution in [1.82, 2.24) is 5.32 Å². The minimum Gasteiger partial charge on any atom is -0.356 e. The number of carbonyl (C=O) groups excluding carboxylic acids is 2. The van der Waals surface area contributed by atoms with Gasteiger partial charge in [0, 0.05) is 19.2 Å². The Morgan fingerprint density at radius 3 is 2.35 bits per heavy atom. The highest BCUT2D eigenvalue weighted by Crippen LogP contribution is 2.09. The molecule has 2 amide bonds. The van der Waals surface area contributed by atoms with Crippen LogP contribution in [0.3, 0.4) is 0 Å². The monoisotopic (exact) mass is 234 g/mol. The van der Waals surface area contributed by atoms with Crippen LogP contribution in [0.5, 0.6) is 0 Å². The molecule has 1 aromatic rings. The highest BCUT2D eigenvalue weighted by atomic mass is 16.2. The van der Waals surface area contributed by atoms with E-state index in [-0.39, 0.29) is 11.8 Å². The van der Waals surface area contributed by atoms with Gasteiger partial charge in [-0.3, -0.25) is 9.59 Å². The molecule has 4 heteroatoms. The van der Waals surface area contributed by atoms with Gasteiger partial charge >= 0.3 is 0 Å². The van der Waals surface area contributed by atoms with Crippen molar-refractivity contribution in [2.24, 2.45) is 0 Å². The van der Waals surface area contributed by atoms with Crippen LogP contribution in [-0.4, -0.2) is 18.4 Å². The van der Waals surface area contributed by atoms with E-state index in [2.05, 4.69) is 10.6 Å². The summed E-state index contributed by atoms with van der Waals surface area (Å²) in [6.45, 7) is 4.19. The topological polar surface area (TPSA) is 58.2 Å². The van der Waals surface area contributed by atoms with Crippen LogP contribution < -0.4 is 10.6 Å². The first kappa shape index (κ1) is 13.2. The first-order chi connectivity index (χ1) is 8.11. The van der Waals surface area contributed by atoms with Gasteiger partial charge in [-0.2, -0.15) is 0 Å². The molecule has 0 aliphatic heterocycles. The number of amides is 2. The molecule has 0 saturated heterocycles. The van der Waals surface area contributed by atoms with Crippen molar-refractivity contribution in [1.29, 1.82) is 0 Å². The van der Waals surface area contributed by atoms with Gasteiger partial charge in [0.25, 0.3) is 0 Å². The summed E-state index contributed by atoms with van der Waals surface area (Å²) < 4.78 is 0. The Kier molecular flexibility index (Phi) is 5.20. The minimum atomic E-state index is -0.0987. The zero-order chi connectivity index (χ0) is 12.7. The van der Waals surface area contributed by atoms with Crippen molar-refractivity contribution in [3.05, 3.63) is 29.8 Å². The highest BCUT2D eigenvalue weighted by molar-refractivity contribution is 5.88. The van der Waals surface area contributed by atoms with Gasteiger partial charge < -0.3 is 10.6 Å². The van der Waals surface area contributed by atoms with Crippen LogP contribution in [0.2, 0.25) is 0 Å². The quantitative estimate of drug-likeness (QED) is 0.815. The molecule has 92 valence electrons. The van der Waals surface area contributed by atoms with Gasteiger partial charge in [0.2, 0.25) is 11.8 Å². The molecular weight excluding hydrogens is 216 g/mol. The summed E-state index contributed by atoms with van der Waals surface area (Å²) in [4.78, 5) is 22.3. The lowest BCUT2D eigenvalue weighted by molar-refractivity contribution is -0.120. The van der Waals surface area contributed by atoms with Gasteiger partial charge in [-0.25, -0.2) is 0 Å². The maximum atomic E-state index is 11.5. The fraction of sp³-hybridized carbons (Fsp3) is 0.385. The van der Waals surface area contributed by atoms with E-state index < -0.39 is 0 Å². The molecule has 0 bridgehead atoms. The van der Waals surface area contributed by atoms with E-state index in [4.69, 9.17) is 0 Å². The predicted molar refractivity (Wildman–Crippen MR) is 67.8 cm³/mol. The maximum absolute atomic E-state index is 11.5. The molecule has 0 spiro atoms. The second-order valence-electron chi connectivity index (χ2n) is 3.90. The number of carbonyl (C=O) groups is 2. The van der Waals surface area contributed by atoms with Gasteiger partial charge in [0.05, 0.1) is 6.42 Å². The number of anilines is 1. The summed E-state index contributed by atoms with van der Waals surface area (Å²) >= 11 is 0. The molecule has 4 nitrogen and oxygen atoms in total. The third-order valence-corrected chi connectivity index (χ3v) is 2.21. The third-order valence-electron chi connectivity index (χ3n) is 2.21. The average Bonchev–Trinajstić information content (AvgIpc) is 2.28. The molecule has 0 aliphatic carbocycles. The van der Waals surface area contributed by atoms with Crippen LogP contribution in [0.1, 0.15) is 25.8 Å². The van der Waals surface area contributed by atoms with Gasteiger partial charge in [0.15, 0.2) is 0 Å². The Hall–Kier alpha value is -1.84. The first-order valence-corrected chi connectivity index (χ1v) is 5.75.